The van der Waals surface area contributed by atoms with Crippen LogP contribution in [0.1, 0.15) is 167 Å². The number of aliphatic hydroxyl groups excluding tert-OH is 1. The molecule has 11 rings (SSSR count). The fraction of sp³-hybridized carbons (Fsp3) is 0.632. The number of nitrogens with one attached hydrogen (secondary N) is 1. The highest BCUT2D eigenvalue weighted by Gasteiger charge is 2.44. The standard InChI is InChI=1S/2C21H29NO2.C15H19NO2/c1-24-20(23)17-8-7-16-9-10-21(14-18(16)13-17)11-12-22(15-21)19-5-3-2-4-6-19;23-14-20(24)17-7-6-16-8-9-21(13-18(16)12-17)10-11-22(15-21)19-4-2-1-3-5-19;1-18-14(17)12-3-2-11-4-5-15(6-7-16-10-15)9-13(11)8-12/h7-8,13,19H,2-6,9-12,14-15H2,1H3;6-7,12,19,23H,1-5,8-11,13-15H2;2-3,8,16H,4-7,9-10H2,1H3. The molecule has 0 amide bonds. The van der Waals surface area contributed by atoms with Crippen molar-refractivity contribution in [3.05, 3.63) is 105 Å². The lowest BCUT2D eigenvalue weighted by atomic mass is 9.70. The summed E-state index contributed by atoms with van der Waals surface area (Å²) >= 11 is 0. The molecule has 3 aromatic carbocycles. The maximum absolute atomic E-state index is 11.8. The molecule has 5 aliphatic carbocycles. The van der Waals surface area contributed by atoms with Crippen LogP contribution in [0.3, 0.4) is 0 Å². The number of ether oxygens (including phenoxy) is 2. The predicted octanol–water partition coefficient (Wildman–Crippen LogP) is 9.30. The van der Waals surface area contributed by atoms with Gasteiger partial charge in [0.25, 0.3) is 0 Å². The summed E-state index contributed by atoms with van der Waals surface area (Å²) in [6.45, 7) is 6.90. The van der Waals surface area contributed by atoms with Crippen LogP contribution in [0.4, 0.5) is 0 Å². The number of nitrogens with zero attached hydrogens (tertiary/aromatic N) is 2. The van der Waals surface area contributed by atoms with Crippen molar-refractivity contribution in [2.75, 3.05) is 60.1 Å². The van der Waals surface area contributed by atoms with E-state index in [0.717, 1.165) is 63.7 Å². The molecule has 3 aromatic rings. The van der Waals surface area contributed by atoms with E-state index in [9.17, 15) is 14.4 Å². The van der Waals surface area contributed by atoms with E-state index in [1.165, 1.54) is 177 Å². The number of esters is 2. The maximum Gasteiger partial charge on any atom is 0.337 e. The van der Waals surface area contributed by atoms with Gasteiger partial charge in [0.15, 0.2) is 5.78 Å². The first-order chi connectivity index (χ1) is 32.1. The fourth-order valence-electron chi connectivity index (χ4n) is 13.8. The Morgan fingerprint density at radius 1 is 0.561 bits per heavy atom. The lowest BCUT2D eigenvalue weighted by Gasteiger charge is -2.37. The highest BCUT2D eigenvalue weighted by molar-refractivity contribution is 5.97. The quantitative estimate of drug-likeness (QED) is 0.185. The molecule has 2 N–H and O–H groups in total. The van der Waals surface area contributed by atoms with Crippen molar-refractivity contribution in [3.8, 4) is 0 Å². The molecule has 66 heavy (non-hydrogen) atoms. The number of methoxy groups -OCH3 is 2. The molecule has 5 fully saturated rings. The van der Waals surface area contributed by atoms with E-state index in [1.807, 2.05) is 24.3 Å². The molecule has 8 aliphatic rings. The Balaban J connectivity index is 0.000000126. The smallest absolute Gasteiger partial charge is 0.337 e. The van der Waals surface area contributed by atoms with Gasteiger partial charge < -0.3 is 19.9 Å². The second kappa shape index (κ2) is 20.8. The number of fused-ring (bicyclic) bond motifs is 3. The van der Waals surface area contributed by atoms with Crippen molar-refractivity contribution >= 4 is 17.7 Å². The Bertz CT molecular complexity index is 2090. The average molecular weight is 900 g/mol. The van der Waals surface area contributed by atoms with Crippen LogP contribution in [-0.4, -0.2) is 105 Å². The summed E-state index contributed by atoms with van der Waals surface area (Å²) in [5.74, 6) is -0.609. The molecule has 0 bridgehead atoms. The minimum Gasteiger partial charge on any atom is -0.465 e. The van der Waals surface area contributed by atoms with Crippen LogP contribution in [0.2, 0.25) is 0 Å². The predicted molar refractivity (Wildman–Crippen MR) is 260 cm³/mol. The highest BCUT2D eigenvalue weighted by atomic mass is 16.5. The largest absolute Gasteiger partial charge is 0.465 e. The lowest BCUT2D eigenvalue weighted by Crippen LogP contribution is -2.38. The molecule has 2 saturated carbocycles. The van der Waals surface area contributed by atoms with Crippen LogP contribution in [0.25, 0.3) is 0 Å². The first-order valence-electron chi connectivity index (χ1n) is 26.0. The van der Waals surface area contributed by atoms with Crippen molar-refractivity contribution in [2.45, 2.75) is 153 Å². The molecule has 3 unspecified atom stereocenters. The fourth-order valence-corrected chi connectivity index (χ4v) is 13.8. The van der Waals surface area contributed by atoms with Gasteiger partial charge in [-0.15, -0.1) is 0 Å². The molecular weight excluding hydrogens is 823 g/mol. The molecule has 3 saturated heterocycles. The molecule has 3 heterocycles. The molecule has 0 aromatic heterocycles. The van der Waals surface area contributed by atoms with Gasteiger partial charge in [-0.05, 0) is 202 Å². The van der Waals surface area contributed by atoms with Gasteiger partial charge in [0.05, 0.1) is 25.3 Å². The van der Waals surface area contributed by atoms with E-state index in [0.29, 0.717) is 32.9 Å². The first kappa shape index (κ1) is 47.2. The molecule has 9 nitrogen and oxygen atoms in total. The zero-order valence-corrected chi connectivity index (χ0v) is 40.2. The normalized spacial score (nSPS) is 27.6. The van der Waals surface area contributed by atoms with Crippen molar-refractivity contribution in [1.82, 2.24) is 15.1 Å². The van der Waals surface area contributed by atoms with E-state index in [-0.39, 0.29) is 24.3 Å². The van der Waals surface area contributed by atoms with Gasteiger partial charge >= 0.3 is 11.9 Å². The van der Waals surface area contributed by atoms with Crippen LogP contribution in [0, 0.1) is 16.2 Å². The van der Waals surface area contributed by atoms with E-state index < -0.39 is 0 Å². The molecular formula is C57H77N3O6. The summed E-state index contributed by atoms with van der Waals surface area (Å²) < 4.78 is 9.69. The summed E-state index contributed by atoms with van der Waals surface area (Å²) in [5.41, 5.74) is 11.7. The Hall–Kier alpha value is -3.89. The number of ketones is 1. The number of hydrogen-bond acceptors (Lipinski definition) is 9. The van der Waals surface area contributed by atoms with Gasteiger partial charge in [-0.3, -0.25) is 14.6 Å². The SMILES string of the molecule is COC(=O)c1ccc2c(c1)CC1(CC2)CCN(C2CCCCC2)C1.COC(=O)c1ccc2c(c1)CC1(CCNC1)CC2.O=C(CO)c1ccc2c(c1)CC1(CC2)CCN(C2CCCCC2)C1. The number of Topliss-reactive ketones (excluding diaryl/α,β-unsaturated/α-hetero) is 1. The summed E-state index contributed by atoms with van der Waals surface area (Å²) in [6.07, 6.45) is 28.6. The van der Waals surface area contributed by atoms with Crippen LogP contribution >= 0.6 is 0 Å². The molecule has 3 atom stereocenters. The third-order valence-corrected chi connectivity index (χ3v) is 17.8. The number of aryl methyl sites for hydroxylation is 3. The van der Waals surface area contributed by atoms with Crippen LogP contribution in [0.5, 0.6) is 0 Å². The van der Waals surface area contributed by atoms with Gasteiger partial charge in [0.2, 0.25) is 0 Å². The third-order valence-electron chi connectivity index (χ3n) is 17.8. The van der Waals surface area contributed by atoms with Crippen molar-refractivity contribution in [2.24, 2.45) is 16.2 Å². The summed E-state index contributed by atoms with van der Waals surface area (Å²) in [4.78, 5) is 40.8. The molecule has 9 heteroatoms. The van der Waals surface area contributed by atoms with Crippen molar-refractivity contribution in [1.29, 1.82) is 0 Å². The second-order valence-electron chi connectivity index (χ2n) is 22.0. The highest BCUT2D eigenvalue weighted by Crippen LogP contribution is 2.46. The van der Waals surface area contributed by atoms with Crippen LogP contribution in [0.15, 0.2) is 54.6 Å². The average Bonchev–Trinajstić information content (AvgIpc) is 4.12. The van der Waals surface area contributed by atoms with Crippen molar-refractivity contribution in [3.63, 3.8) is 0 Å². The number of hydrogen-bond donors (Lipinski definition) is 2. The number of carbonyl (C=O) groups excluding carboxylic acids is 3. The summed E-state index contributed by atoms with van der Waals surface area (Å²) in [5, 5.41) is 12.6. The number of benzene rings is 3. The monoisotopic (exact) mass is 900 g/mol. The van der Waals surface area contributed by atoms with Gasteiger partial charge in [-0.2, -0.15) is 0 Å². The minimum atomic E-state index is -0.389. The van der Waals surface area contributed by atoms with Gasteiger partial charge in [-0.1, -0.05) is 62.8 Å². The maximum atomic E-state index is 11.8. The third kappa shape index (κ3) is 10.5. The molecule has 3 aliphatic heterocycles. The Morgan fingerprint density at radius 3 is 1.41 bits per heavy atom. The van der Waals surface area contributed by atoms with Gasteiger partial charge in [0.1, 0.15) is 6.61 Å². The second-order valence-corrected chi connectivity index (χ2v) is 22.0. The molecule has 3 spiro atoms. The van der Waals surface area contributed by atoms with Gasteiger partial charge in [0, 0.05) is 37.3 Å². The van der Waals surface area contributed by atoms with E-state index in [1.54, 1.807) is 0 Å². The van der Waals surface area contributed by atoms with E-state index in [2.05, 4.69) is 45.4 Å². The summed E-state index contributed by atoms with van der Waals surface area (Å²) in [7, 11) is 2.90. The van der Waals surface area contributed by atoms with Crippen LogP contribution in [-0.2, 0) is 48.0 Å². The number of aliphatic hydroxyl groups is 1. The van der Waals surface area contributed by atoms with Crippen LogP contribution < -0.4 is 5.32 Å². The van der Waals surface area contributed by atoms with E-state index in [4.69, 9.17) is 14.6 Å². The molecule has 356 valence electrons. The van der Waals surface area contributed by atoms with Crippen molar-refractivity contribution < 1.29 is 29.0 Å². The Morgan fingerprint density at radius 2 is 0.985 bits per heavy atom. The minimum absolute atomic E-state index is 0.160. The molecule has 0 radical (unpaired) electrons. The zero-order chi connectivity index (χ0) is 45.7. The number of rotatable bonds is 6. The number of likely N-dealkylation sites (tertiary alicyclic amines) is 2. The number of carbonyl (C=O) groups is 3. The van der Waals surface area contributed by atoms with E-state index >= 15 is 0 Å². The van der Waals surface area contributed by atoms with Gasteiger partial charge in [-0.25, -0.2) is 9.59 Å². The summed E-state index contributed by atoms with van der Waals surface area (Å²) in [6, 6.07) is 19.9. The first-order valence-corrected chi connectivity index (χ1v) is 26.0. The zero-order valence-electron chi connectivity index (χ0n) is 40.2. The Labute approximate surface area is 394 Å². The topological polar surface area (TPSA) is 108 Å². The lowest BCUT2D eigenvalue weighted by molar-refractivity contribution is 0.0591. The Kier molecular flexibility index (Phi) is 14.8.